The van der Waals surface area contributed by atoms with Crippen LogP contribution in [0.3, 0.4) is 0 Å². The number of allylic oxidation sites excluding steroid dienone is 8. The van der Waals surface area contributed by atoms with Gasteiger partial charge in [-0.05, 0) is 25.5 Å². The summed E-state index contributed by atoms with van der Waals surface area (Å²) in [6.07, 6.45) is 12.4. The first-order chi connectivity index (χ1) is 6.27. The predicted molar refractivity (Wildman–Crippen MR) is 59.2 cm³/mol. The monoisotopic (exact) mass is 173 g/mol. The minimum atomic E-state index is 1.05. The van der Waals surface area contributed by atoms with Gasteiger partial charge in [-0.15, -0.1) is 0 Å². The number of hydrogen-bond donors (Lipinski definition) is 0. The van der Waals surface area contributed by atoms with Crippen LogP contribution in [0.4, 0.5) is 0 Å². The van der Waals surface area contributed by atoms with Gasteiger partial charge in [0.15, 0.2) is 0 Å². The lowest BCUT2D eigenvalue weighted by Crippen LogP contribution is -1.99. The second-order valence-corrected chi connectivity index (χ2v) is 2.96. The standard InChI is InChI=1S/C12H15N/c1-4-10(2)9-11-7-5-6-8-12(11)13-3/h4-9H,1-3H3/b10-4-,11-9-,13-12?. The number of nitrogens with zero attached hydrogens (tertiary/aromatic N) is 1. The molecule has 0 aromatic heterocycles. The highest BCUT2D eigenvalue weighted by Crippen LogP contribution is 2.11. The highest BCUT2D eigenvalue weighted by atomic mass is 14.7. The van der Waals surface area contributed by atoms with Crippen LogP contribution >= 0.6 is 0 Å². The van der Waals surface area contributed by atoms with E-state index in [0.717, 1.165) is 5.71 Å². The van der Waals surface area contributed by atoms with E-state index in [4.69, 9.17) is 0 Å². The summed E-state index contributed by atoms with van der Waals surface area (Å²) < 4.78 is 0. The van der Waals surface area contributed by atoms with Gasteiger partial charge in [0.25, 0.3) is 0 Å². The maximum Gasteiger partial charge on any atom is 0.0643 e. The van der Waals surface area contributed by atoms with Crippen LogP contribution in [-0.4, -0.2) is 12.8 Å². The van der Waals surface area contributed by atoms with Gasteiger partial charge in [-0.3, -0.25) is 4.99 Å². The van der Waals surface area contributed by atoms with Crippen molar-refractivity contribution in [2.75, 3.05) is 7.05 Å². The maximum absolute atomic E-state index is 4.20. The number of hydrogen-bond acceptors (Lipinski definition) is 1. The average molecular weight is 173 g/mol. The molecule has 0 radical (unpaired) electrons. The Morgan fingerprint density at radius 2 is 2.00 bits per heavy atom. The topological polar surface area (TPSA) is 12.4 Å². The van der Waals surface area contributed by atoms with Gasteiger partial charge >= 0.3 is 0 Å². The van der Waals surface area contributed by atoms with Crippen molar-refractivity contribution in [1.29, 1.82) is 0 Å². The molecule has 13 heavy (non-hydrogen) atoms. The van der Waals surface area contributed by atoms with Gasteiger partial charge < -0.3 is 0 Å². The van der Waals surface area contributed by atoms with E-state index in [1.54, 1.807) is 0 Å². The van der Waals surface area contributed by atoms with Crippen molar-refractivity contribution in [3.05, 3.63) is 47.6 Å². The summed E-state index contributed by atoms with van der Waals surface area (Å²) in [5.41, 5.74) is 3.49. The second kappa shape index (κ2) is 4.61. The molecular formula is C12H15N. The van der Waals surface area contributed by atoms with E-state index in [1.807, 2.05) is 32.2 Å². The van der Waals surface area contributed by atoms with Gasteiger partial charge in [-0.1, -0.05) is 36.0 Å². The van der Waals surface area contributed by atoms with E-state index in [2.05, 4.69) is 30.1 Å². The Hall–Kier alpha value is -1.37. The highest BCUT2D eigenvalue weighted by molar-refractivity contribution is 6.11. The lowest BCUT2D eigenvalue weighted by Gasteiger charge is -2.05. The first-order valence-corrected chi connectivity index (χ1v) is 4.44. The summed E-state index contributed by atoms with van der Waals surface area (Å²) in [5, 5.41) is 0. The van der Waals surface area contributed by atoms with Crippen LogP contribution < -0.4 is 0 Å². The second-order valence-electron chi connectivity index (χ2n) is 2.96. The van der Waals surface area contributed by atoms with Crippen LogP contribution in [0.25, 0.3) is 0 Å². The third-order valence-electron chi connectivity index (χ3n) is 2.02. The van der Waals surface area contributed by atoms with Crippen LogP contribution in [0.15, 0.2) is 52.6 Å². The van der Waals surface area contributed by atoms with Crippen LogP contribution in [-0.2, 0) is 0 Å². The van der Waals surface area contributed by atoms with Crippen LogP contribution in [0.1, 0.15) is 13.8 Å². The largest absolute Gasteiger partial charge is 0.288 e. The summed E-state index contributed by atoms with van der Waals surface area (Å²) in [6.45, 7) is 4.13. The quantitative estimate of drug-likeness (QED) is 0.578. The molecule has 0 spiro atoms. The Kier molecular flexibility index (Phi) is 3.44. The minimum Gasteiger partial charge on any atom is -0.288 e. The van der Waals surface area contributed by atoms with E-state index < -0.39 is 0 Å². The zero-order valence-corrected chi connectivity index (χ0v) is 8.41. The molecule has 0 unspecified atom stereocenters. The van der Waals surface area contributed by atoms with Crippen molar-refractivity contribution < 1.29 is 0 Å². The van der Waals surface area contributed by atoms with Gasteiger partial charge in [0.1, 0.15) is 0 Å². The van der Waals surface area contributed by atoms with E-state index in [0.29, 0.717) is 0 Å². The maximum atomic E-state index is 4.20. The summed E-state index contributed by atoms with van der Waals surface area (Å²) in [6, 6.07) is 0. The normalized spacial score (nSPS) is 23.2. The van der Waals surface area contributed by atoms with Crippen molar-refractivity contribution >= 4 is 5.71 Å². The summed E-state index contributed by atoms with van der Waals surface area (Å²) >= 11 is 0. The fourth-order valence-corrected chi connectivity index (χ4v) is 1.14. The molecule has 0 atom stereocenters. The zero-order chi connectivity index (χ0) is 9.68. The number of rotatable bonds is 1. The van der Waals surface area contributed by atoms with E-state index in [9.17, 15) is 0 Å². The van der Waals surface area contributed by atoms with Crippen LogP contribution in [0, 0.1) is 0 Å². The fraction of sp³-hybridized carbons (Fsp3) is 0.250. The van der Waals surface area contributed by atoms with Crippen molar-refractivity contribution in [2.24, 2.45) is 4.99 Å². The lowest BCUT2D eigenvalue weighted by atomic mass is 10.0. The summed E-state index contributed by atoms with van der Waals surface area (Å²) in [7, 11) is 1.82. The van der Waals surface area contributed by atoms with Crippen LogP contribution in [0.5, 0.6) is 0 Å². The number of aliphatic imine (C=N–C) groups is 1. The molecule has 68 valence electrons. The molecule has 1 nitrogen and oxygen atoms in total. The average Bonchev–Trinajstić information content (AvgIpc) is 2.18. The van der Waals surface area contributed by atoms with Crippen molar-refractivity contribution in [1.82, 2.24) is 0 Å². The van der Waals surface area contributed by atoms with E-state index in [1.165, 1.54) is 11.1 Å². The van der Waals surface area contributed by atoms with Crippen molar-refractivity contribution in [2.45, 2.75) is 13.8 Å². The molecule has 1 aliphatic carbocycles. The zero-order valence-electron chi connectivity index (χ0n) is 8.41. The Balaban J connectivity index is 2.98. The fourth-order valence-electron chi connectivity index (χ4n) is 1.14. The molecule has 1 rings (SSSR count). The lowest BCUT2D eigenvalue weighted by molar-refractivity contribution is 1.41. The van der Waals surface area contributed by atoms with Crippen LogP contribution in [0.2, 0.25) is 0 Å². The molecule has 0 aromatic rings. The molecule has 0 aromatic carbocycles. The third-order valence-corrected chi connectivity index (χ3v) is 2.02. The molecule has 0 fully saturated rings. The Morgan fingerprint density at radius 1 is 1.31 bits per heavy atom. The molecule has 0 saturated heterocycles. The van der Waals surface area contributed by atoms with Gasteiger partial charge in [-0.25, -0.2) is 0 Å². The molecule has 0 bridgehead atoms. The van der Waals surface area contributed by atoms with Gasteiger partial charge in [0, 0.05) is 7.05 Å². The molecule has 0 saturated carbocycles. The third kappa shape index (κ3) is 2.55. The van der Waals surface area contributed by atoms with Gasteiger partial charge in [0.2, 0.25) is 0 Å². The molecule has 1 heteroatoms. The summed E-state index contributed by atoms with van der Waals surface area (Å²) in [4.78, 5) is 4.20. The molecule has 1 aliphatic rings. The first-order valence-electron chi connectivity index (χ1n) is 4.44. The highest BCUT2D eigenvalue weighted by Gasteiger charge is 2.01. The van der Waals surface area contributed by atoms with E-state index >= 15 is 0 Å². The molecule has 0 N–H and O–H groups in total. The molecular weight excluding hydrogens is 158 g/mol. The summed E-state index contributed by atoms with van der Waals surface area (Å²) in [5.74, 6) is 0. The molecule has 0 aliphatic heterocycles. The molecule has 0 amide bonds. The van der Waals surface area contributed by atoms with Crippen molar-refractivity contribution in [3.8, 4) is 0 Å². The predicted octanol–water partition coefficient (Wildman–Crippen LogP) is 3.08. The molecule has 0 heterocycles. The van der Waals surface area contributed by atoms with Gasteiger partial charge in [-0.2, -0.15) is 0 Å². The first kappa shape index (κ1) is 9.72. The van der Waals surface area contributed by atoms with E-state index in [-0.39, 0.29) is 0 Å². The van der Waals surface area contributed by atoms with Crippen molar-refractivity contribution in [3.63, 3.8) is 0 Å². The SMILES string of the molecule is C/C=C(C)\C=C1\C=CC=CC1=NC. The minimum absolute atomic E-state index is 1.05. The Morgan fingerprint density at radius 3 is 2.62 bits per heavy atom. The Labute approximate surface area is 79.9 Å². The smallest absolute Gasteiger partial charge is 0.0643 e. The Bertz CT molecular complexity index is 325. The van der Waals surface area contributed by atoms with Gasteiger partial charge in [0.05, 0.1) is 5.71 Å².